The topological polar surface area (TPSA) is 87.7 Å². The molecule has 5 nitrogen and oxygen atoms in total. The van der Waals surface area contributed by atoms with Gasteiger partial charge in [-0.15, -0.1) is 0 Å². The maximum absolute atomic E-state index is 10.6. The molecule has 0 saturated heterocycles. The zero-order valence-electron chi connectivity index (χ0n) is 6.20. The van der Waals surface area contributed by atoms with Crippen LogP contribution in [0.2, 0.25) is 0 Å². The van der Waals surface area contributed by atoms with Crippen molar-refractivity contribution < 1.29 is 19.4 Å². The van der Waals surface area contributed by atoms with E-state index < -0.39 is 17.3 Å². The van der Waals surface area contributed by atoms with E-state index in [4.69, 9.17) is 10.2 Å². The van der Waals surface area contributed by atoms with Crippen molar-refractivity contribution in [2.45, 2.75) is 6.92 Å². The highest BCUT2D eigenvalue weighted by Crippen LogP contribution is 2.17. The van der Waals surface area contributed by atoms with E-state index in [-0.39, 0.29) is 11.3 Å². The molecule has 1 aromatic heterocycles. The van der Waals surface area contributed by atoms with Gasteiger partial charge in [0, 0.05) is 0 Å². The molecule has 0 aliphatic rings. The van der Waals surface area contributed by atoms with Crippen LogP contribution in [0, 0.1) is 6.92 Å². The summed E-state index contributed by atoms with van der Waals surface area (Å²) in [6.45, 7) is 1.30. The van der Waals surface area contributed by atoms with Crippen molar-refractivity contribution in [3.63, 3.8) is 0 Å². The average Bonchev–Trinajstić information content (AvgIpc) is 1.82. The van der Waals surface area contributed by atoms with Crippen LogP contribution in [0.3, 0.4) is 0 Å². The summed E-state index contributed by atoms with van der Waals surface area (Å²) < 4.78 is 4.45. The molecular weight excluding hydrogens is 164 g/mol. The van der Waals surface area contributed by atoms with Gasteiger partial charge in [-0.3, -0.25) is 0 Å². The number of aryl methyl sites for hydroxylation is 1. The van der Waals surface area contributed by atoms with Crippen LogP contribution in [-0.2, 0) is 0 Å². The van der Waals surface area contributed by atoms with E-state index >= 15 is 0 Å². The first-order valence-corrected chi connectivity index (χ1v) is 3.09. The van der Waals surface area contributed by atoms with Gasteiger partial charge in [-0.2, -0.15) is 0 Å². The van der Waals surface area contributed by atoms with Crippen LogP contribution in [-0.4, -0.2) is 16.2 Å². The Hall–Kier alpha value is -1.78. The Morgan fingerprint density at radius 1 is 1.58 bits per heavy atom. The maximum atomic E-state index is 10.6. The molecule has 12 heavy (non-hydrogen) atoms. The fourth-order valence-electron chi connectivity index (χ4n) is 0.856. The Balaban J connectivity index is 3.48. The Kier molecular flexibility index (Phi) is 1.86. The molecular formula is C7H6O5. The van der Waals surface area contributed by atoms with Gasteiger partial charge in [0.25, 0.3) is 0 Å². The molecule has 1 aromatic rings. The van der Waals surface area contributed by atoms with E-state index in [1.54, 1.807) is 0 Å². The van der Waals surface area contributed by atoms with Crippen molar-refractivity contribution in [2.24, 2.45) is 0 Å². The number of aromatic carboxylic acids is 1. The summed E-state index contributed by atoms with van der Waals surface area (Å²) in [6.07, 6.45) is 0. The highest BCUT2D eigenvalue weighted by Gasteiger charge is 2.15. The number of hydrogen-bond acceptors (Lipinski definition) is 4. The lowest BCUT2D eigenvalue weighted by molar-refractivity contribution is 0.0689. The molecule has 1 heterocycles. The zero-order chi connectivity index (χ0) is 9.30. The largest absolute Gasteiger partial charge is 0.507 e. The average molecular weight is 170 g/mol. The van der Waals surface area contributed by atoms with Crippen molar-refractivity contribution >= 4 is 5.97 Å². The number of aromatic hydroxyl groups is 1. The normalized spacial score (nSPS) is 9.75. The van der Waals surface area contributed by atoms with Crippen LogP contribution in [0.4, 0.5) is 0 Å². The monoisotopic (exact) mass is 170 g/mol. The third kappa shape index (κ3) is 1.29. The lowest BCUT2D eigenvalue weighted by Crippen LogP contribution is -2.06. The molecule has 0 spiro atoms. The molecule has 0 radical (unpaired) electrons. The van der Waals surface area contributed by atoms with Crippen molar-refractivity contribution in [3.8, 4) is 5.75 Å². The van der Waals surface area contributed by atoms with Gasteiger partial charge in [-0.25, -0.2) is 9.59 Å². The van der Waals surface area contributed by atoms with Gasteiger partial charge >= 0.3 is 11.6 Å². The van der Waals surface area contributed by atoms with E-state index in [1.807, 2.05) is 0 Å². The van der Waals surface area contributed by atoms with Crippen molar-refractivity contribution in [1.82, 2.24) is 0 Å². The quantitative estimate of drug-likeness (QED) is 0.634. The van der Waals surface area contributed by atoms with Crippen molar-refractivity contribution in [3.05, 3.63) is 27.8 Å². The molecule has 0 aromatic carbocycles. The van der Waals surface area contributed by atoms with Gasteiger partial charge < -0.3 is 14.6 Å². The summed E-state index contributed by atoms with van der Waals surface area (Å²) in [5.74, 6) is -2.00. The minimum absolute atomic E-state index is 0.104. The molecule has 0 unspecified atom stereocenters. The number of carboxylic acid groups (broad SMARTS) is 1. The smallest absolute Gasteiger partial charge is 0.342 e. The number of rotatable bonds is 1. The molecule has 0 saturated carbocycles. The maximum Gasteiger partial charge on any atom is 0.342 e. The van der Waals surface area contributed by atoms with Crippen LogP contribution in [0.25, 0.3) is 0 Å². The summed E-state index contributed by atoms with van der Waals surface area (Å²) >= 11 is 0. The summed E-state index contributed by atoms with van der Waals surface area (Å²) in [5, 5.41) is 17.5. The third-order valence-electron chi connectivity index (χ3n) is 1.33. The molecule has 0 aliphatic heterocycles. The molecule has 2 N–H and O–H groups in total. The minimum Gasteiger partial charge on any atom is -0.507 e. The second kappa shape index (κ2) is 2.69. The Morgan fingerprint density at radius 2 is 2.17 bits per heavy atom. The van der Waals surface area contributed by atoms with Crippen molar-refractivity contribution in [2.75, 3.05) is 0 Å². The van der Waals surface area contributed by atoms with Crippen LogP contribution >= 0.6 is 0 Å². The lowest BCUT2D eigenvalue weighted by atomic mass is 10.2. The van der Waals surface area contributed by atoms with Gasteiger partial charge in [0.15, 0.2) is 0 Å². The summed E-state index contributed by atoms with van der Waals surface area (Å²) in [5.41, 5.74) is -1.15. The predicted molar refractivity (Wildman–Crippen MR) is 38.3 cm³/mol. The Labute approximate surface area is 66.9 Å². The molecule has 1 rings (SSSR count). The van der Waals surface area contributed by atoms with Crippen LogP contribution in [0.5, 0.6) is 5.75 Å². The van der Waals surface area contributed by atoms with E-state index in [9.17, 15) is 9.59 Å². The Bertz CT molecular complexity index is 350. The first-order valence-electron chi connectivity index (χ1n) is 3.09. The zero-order valence-corrected chi connectivity index (χ0v) is 6.20. The summed E-state index contributed by atoms with van der Waals surface area (Å²) in [7, 11) is 0. The standard InChI is InChI=1S/C7H6O5/c1-3-6(7(10)11)4(8)2-5(9)12-3/h2,8H,1H3,(H,10,11). The Morgan fingerprint density at radius 3 is 2.58 bits per heavy atom. The van der Waals surface area contributed by atoms with Crippen LogP contribution < -0.4 is 5.63 Å². The highest BCUT2D eigenvalue weighted by atomic mass is 16.4. The van der Waals surface area contributed by atoms with Gasteiger partial charge in [0.2, 0.25) is 0 Å². The van der Waals surface area contributed by atoms with Gasteiger partial charge in [0.05, 0.1) is 6.07 Å². The van der Waals surface area contributed by atoms with Gasteiger partial charge in [-0.05, 0) is 6.92 Å². The molecule has 0 bridgehead atoms. The number of hydrogen-bond donors (Lipinski definition) is 2. The molecule has 64 valence electrons. The molecule has 0 amide bonds. The molecule has 0 atom stereocenters. The van der Waals surface area contributed by atoms with E-state index in [0.29, 0.717) is 0 Å². The van der Waals surface area contributed by atoms with Crippen LogP contribution in [0.1, 0.15) is 16.1 Å². The lowest BCUT2D eigenvalue weighted by Gasteiger charge is -1.99. The minimum atomic E-state index is -1.33. The number of carboxylic acids is 1. The molecule has 0 fully saturated rings. The highest BCUT2D eigenvalue weighted by molar-refractivity contribution is 5.91. The fourth-order valence-corrected chi connectivity index (χ4v) is 0.856. The molecule has 5 heteroatoms. The van der Waals surface area contributed by atoms with Crippen molar-refractivity contribution in [1.29, 1.82) is 0 Å². The second-order valence-electron chi connectivity index (χ2n) is 2.19. The first kappa shape index (κ1) is 8.32. The molecule has 0 aliphatic carbocycles. The summed E-state index contributed by atoms with van der Waals surface area (Å²) in [6, 6.07) is 0.719. The van der Waals surface area contributed by atoms with Gasteiger partial charge in [0.1, 0.15) is 17.1 Å². The van der Waals surface area contributed by atoms with E-state index in [2.05, 4.69) is 4.42 Å². The second-order valence-corrected chi connectivity index (χ2v) is 2.19. The van der Waals surface area contributed by atoms with Gasteiger partial charge in [-0.1, -0.05) is 0 Å². The fraction of sp³-hybridized carbons (Fsp3) is 0.143. The van der Waals surface area contributed by atoms with E-state index in [0.717, 1.165) is 6.07 Å². The SMILES string of the molecule is Cc1oc(=O)cc(O)c1C(=O)O. The first-order chi connectivity index (χ1) is 5.52. The van der Waals surface area contributed by atoms with E-state index in [1.165, 1.54) is 6.92 Å². The summed E-state index contributed by atoms with van der Waals surface area (Å²) in [4.78, 5) is 21.0. The number of carbonyl (C=O) groups is 1. The third-order valence-corrected chi connectivity index (χ3v) is 1.33. The van der Waals surface area contributed by atoms with Crippen LogP contribution in [0.15, 0.2) is 15.3 Å². The predicted octanol–water partition coefficient (Wildman–Crippen LogP) is 0.352.